The van der Waals surface area contributed by atoms with E-state index in [2.05, 4.69) is 20.6 Å². The van der Waals surface area contributed by atoms with Gasteiger partial charge in [-0.3, -0.25) is 14.6 Å². The monoisotopic (exact) mass is 880 g/mol. The average molecular weight is 880 g/mol. The van der Waals surface area contributed by atoms with E-state index in [0.29, 0.717) is 11.6 Å². The Morgan fingerprint density at radius 2 is 0.922 bits per heavy atom. The molecule has 0 saturated heterocycles. The SMILES string of the molecule is CN(C)C(=O)OC(C)(C(=O)N[C@H](c1nc2ccc(-c3ccc(-c4ccc5nc([C@@H](NC(=O)C(C)(OC(=O)N(C)C)C(C)(C)C)C(C)(C)C)[nH]c5c4)nc3)cc2[nH]1)C(C)(C)C)C(C)(C)C. The number of pyridine rings is 1. The van der Waals surface area contributed by atoms with Gasteiger partial charge < -0.3 is 39.9 Å². The molecule has 3 heterocycles. The van der Waals surface area contributed by atoms with Gasteiger partial charge in [0.2, 0.25) is 0 Å². The first-order valence-corrected chi connectivity index (χ1v) is 21.7. The van der Waals surface area contributed by atoms with Crippen LogP contribution in [0.1, 0.15) is 121 Å². The van der Waals surface area contributed by atoms with Crippen molar-refractivity contribution in [3.63, 3.8) is 0 Å². The van der Waals surface area contributed by atoms with Crippen molar-refractivity contribution in [3.8, 4) is 22.4 Å². The van der Waals surface area contributed by atoms with Gasteiger partial charge in [0, 0.05) is 56.3 Å². The van der Waals surface area contributed by atoms with E-state index >= 15 is 0 Å². The Morgan fingerprint density at radius 1 is 0.547 bits per heavy atom. The summed E-state index contributed by atoms with van der Waals surface area (Å²) in [6, 6.07) is 14.7. The highest BCUT2D eigenvalue weighted by molar-refractivity contribution is 5.90. The number of H-pyrrole nitrogens is 2. The number of benzene rings is 2. The fourth-order valence-corrected chi connectivity index (χ4v) is 6.95. The van der Waals surface area contributed by atoms with Crippen molar-refractivity contribution < 1.29 is 28.7 Å². The number of imidazole rings is 2. The molecule has 0 aliphatic rings. The number of amides is 4. The third kappa shape index (κ3) is 10.0. The third-order valence-corrected chi connectivity index (χ3v) is 12.3. The highest BCUT2D eigenvalue weighted by Gasteiger charge is 2.51. The molecule has 15 nitrogen and oxygen atoms in total. The van der Waals surface area contributed by atoms with Crippen molar-refractivity contribution in [1.29, 1.82) is 0 Å². The lowest BCUT2D eigenvalue weighted by Gasteiger charge is -2.42. The maximum Gasteiger partial charge on any atom is 0.410 e. The van der Waals surface area contributed by atoms with E-state index in [1.165, 1.54) is 9.80 Å². The molecule has 0 aliphatic heterocycles. The van der Waals surface area contributed by atoms with Gasteiger partial charge in [0.25, 0.3) is 11.8 Å². The molecule has 2 aromatic carbocycles. The lowest BCUT2D eigenvalue weighted by molar-refractivity contribution is -0.153. The summed E-state index contributed by atoms with van der Waals surface area (Å²) in [5.41, 5.74) is 1.21. The lowest BCUT2D eigenvalue weighted by atomic mass is 9.76. The number of fused-ring (bicyclic) bond motifs is 2. The standard InChI is InChI=1S/C49H69N9O6/c1-44(2,3)36(55-40(59)48(13,46(7,8)9)63-42(61)57(15)16)38-51-32-23-19-28(25-34(32)53-38)30-21-22-31(50-27-30)29-20-24-33-35(26-29)54-39(52-33)37(45(4,5)6)56-41(60)49(14,47(10,11)12)64-43(62)58(17)18/h19-27,36-37H,1-18H3,(H,51,53)(H,52,54)(H,55,59)(H,56,60)/t36-,37-,48?,49?/m1/s1. The van der Waals surface area contributed by atoms with Gasteiger partial charge in [-0.25, -0.2) is 19.6 Å². The Hall–Kier alpha value is -5.99. The Bertz CT molecular complexity index is 2350. The summed E-state index contributed by atoms with van der Waals surface area (Å²) >= 11 is 0. The topological polar surface area (TPSA) is 188 Å². The Morgan fingerprint density at radius 3 is 1.27 bits per heavy atom. The fraction of sp³-hybridized carbons (Fsp3) is 0.531. The summed E-state index contributed by atoms with van der Waals surface area (Å²) in [5, 5.41) is 6.33. The molecular weight excluding hydrogens is 811 g/mol. The van der Waals surface area contributed by atoms with Crippen LogP contribution in [0.2, 0.25) is 0 Å². The Balaban J connectivity index is 1.39. The minimum Gasteiger partial charge on any atom is -0.432 e. The van der Waals surface area contributed by atoms with Crippen molar-refractivity contribution in [3.05, 3.63) is 66.4 Å². The first-order chi connectivity index (χ1) is 29.3. The molecule has 2 unspecified atom stereocenters. The summed E-state index contributed by atoms with van der Waals surface area (Å²) in [4.78, 5) is 77.7. The lowest BCUT2D eigenvalue weighted by Crippen LogP contribution is -2.58. The first-order valence-electron chi connectivity index (χ1n) is 21.7. The van der Waals surface area contributed by atoms with Gasteiger partial charge >= 0.3 is 12.2 Å². The van der Waals surface area contributed by atoms with Crippen molar-refractivity contribution in [2.75, 3.05) is 28.2 Å². The van der Waals surface area contributed by atoms with Crippen molar-refractivity contribution in [2.24, 2.45) is 21.7 Å². The van der Waals surface area contributed by atoms with Crippen LogP contribution in [0.15, 0.2) is 54.7 Å². The van der Waals surface area contributed by atoms with E-state index in [1.54, 1.807) is 42.0 Å². The van der Waals surface area contributed by atoms with Crippen molar-refractivity contribution >= 4 is 46.1 Å². The molecule has 0 radical (unpaired) electrons. The summed E-state index contributed by atoms with van der Waals surface area (Å²) in [5.74, 6) is 0.321. The maximum absolute atomic E-state index is 14.1. The second-order valence-electron chi connectivity index (χ2n) is 21.8. The van der Waals surface area contributed by atoms with Crippen LogP contribution in [-0.4, -0.2) is 98.1 Å². The largest absolute Gasteiger partial charge is 0.432 e. The van der Waals surface area contributed by atoms with Crippen LogP contribution < -0.4 is 10.6 Å². The van der Waals surface area contributed by atoms with Gasteiger partial charge in [0.15, 0.2) is 11.2 Å². The van der Waals surface area contributed by atoms with Gasteiger partial charge in [-0.2, -0.15) is 0 Å². The molecule has 4 atom stereocenters. The molecule has 346 valence electrons. The molecule has 3 aromatic heterocycles. The molecule has 0 fully saturated rings. The quantitative estimate of drug-likeness (QED) is 0.106. The van der Waals surface area contributed by atoms with Crippen molar-refractivity contribution in [1.82, 2.24) is 45.4 Å². The van der Waals surface area contributed by atoms with Crippen LogP contribution in [0.25, 0.3) is 44.5 Å². The number of aromatic amines is 2. The van der Waals surface area contributed by atoms with E-state index in [9.17, 15) is 19.2 Å². The summed E-state index contributed by atoms with van der Waals surface area (Å²) in [6.45, 7) is 26.6. The van der Waals surface area contributed by atoms with Crippen LogP contribution >= 0.6 is 0 Å². The zero-order valence-electron chi connectivity index (χ0n) is 41.0. The van der Waals surface area contributed by atoms with Crippen LogP contribution in [0.3, 0.4) is 0 Å². The molecule has 4 N–H and O–H groups in total. The summed E-state index contributed by atoms with van der Waals surface area (Å²) in [6.07, 6.45) is 0.623. The predicted molar refractivity (Wildman–Crippen MR) is 251 cm³/mol. The molecule has 0 spiro atoms. The minimum absolute atomic E-state index is 0.419. The number of nitrogens with zero attached hydrogens (tertiary/aromatic N) is 5. The second-order valence-corrected chi connectivity index (χ2v) is 21.8. The number of hydrogen-bond donors (Lipinski definition) is 4. The highest BCUT2D eigenvalue weighted by Crippen LogP contribution is 2.40. The molecule has 0 aliphatic carbocycles. The molecule has 64 heavy (non-hydrogen) atoms. The van der Waals surface area contributed by atoms with Gasteiger partial charge in [-0.05, 0) is 60.6 Å². The van der Waals surface area contributed by atoms with E-state index < -0.39 is 68.9 Å². The second kappa shape index (κ2) is 17.2. The third-order valence-electron chi connectivity index (χ3n) is 12.3. The van der Waals surface area contributed by atoms with E-state index in [-0.39, 0.29) is 0 Å². The fourth-order valence-electron chi connectivity index (χ4n) is 6.95. The normalized spacial score (nSPS) is 15.4. The zero-order valence-corrected chi connectivity index (χ0v) is 41.0. The molecule has 0 bridgehead atoms. The smallest absolute Gasteiger partial charge is 0.410 e. The van der Waals surface area contributed by atoms with Crippen LogP contribution in [-0.2, 0) is 19.1 Å². The summed E-state index contributed by atoms with van der Waals surface area (Å²) in [7, 11) is 6.33. The molecular formula is C49H69N9O6. The zero-order chi connectivity index (χ0) is 48.1. The number of rotatable bonds is 10. The number of aromatic nitrogens is 5. The average Bonchev–Trinajstić information content (AvgIpc) is 3.80. The van der Waals surface area contributed by atoms with Crippen LogP contribution in [0, 0.1) is 21.7 Å². The first kappa shape index (κ1) is 49.0. The van der Waals surface area contributed by atoms with Crippen molar-refractivity contribution in [2.45, 2.75) is 120 Å². The minimum atomic E-state index is -1.47. The molecule has 0 saturated carbocycles. The number of nitrogens with one attached hydrogen (secondary N) is 4. The molecule has 4 amide bonds. The molecule has 5 rings (SSSR count). The van der Waals surface area contributed by atoms with Gasteiger partial charge in [0.1, 0.15) is 11.6 Å². The number of ether oxygens (including phenoxy) is 2. The van der Waals surface area contributed by atoms with Crippen LogP contribution in [0.4, 0.5) is 9.59 Å². The van der Waals surface area contributed by atoms with E-state index in [1.807, 2.05) is 138 Å². The summed E-state index contributed by atoms with van der Waals surface area (Å²) < 4.78 is 11.7. The van der Waals surface area contributed by atoms with Crippen LogP contribution in [0.5, 0.6) is 0 Å². The molecule has 5 aromatic rings. The highest BCUT2D eigenvalue weighted by atomic mass is 16.6. The maximum atomic E-state index is 14.1. The number of carbonyl (C=O) groups is 4. The number of hydrogen-bond acceptors (Lipinski definition) is 9. The predicted octanol–water partition coefficient (Wildman–Crippen LogP) is 9.58. The Kier molecular flexibility index (Phi) is 13.2. The van der Waals surface area contributed by atoms with E-state index in [0.717, 1.165) is 44.5 Å². The Labute approximate surface area is 377 Å². The van der Waals surface area contributed by atoms with Gasteiger partial charge in [0.05, 0.1) is 39.8 Å². The van der Waals surface area contributed by atoms with Gasteiger partial charge in [-0.15, -0.1) is 0 Å². The number of carbonyl (C=O) groups excluding carboxylic acids is 4. The molecule has 15 heteroatoms. The van der Waals surface area contributed by atoms with Gasteiger partial charge in [-0.1, -0.05) is 101 Å². The van der Waals surface area contributed by atoms with E-state index in [4.69, 9.17) is 24.4 Å².